The molecule has 2 nitrogen and oxygen atoms in total. The normalized spacial score (nSPS) is 8.09. The number of hydrogen-bond donors (Lipinski definition) is 0. The zero-order chi connectivity index (χ0) is 7.40. The van der Waals surface area contributed by atoms with E-state index in [2.05, 4.69) is 4.74 Å². The Bertz CT molecular complexity index is 221. The van der Waals surface area contributed by atoms with Crippen molar-refractivity contribution in [3.05, 3.63) is 35.9 Å². The van der Waals surface area contributed by atoms with E-state index in [0.717, 1.165) is 0 Å². The van der Waals surface area contributed by atoms with Gasteiger partial charge in [0.25, 0.3) is 0 Å². The first kappa shape index (κ1) is 10.4. The molecule has 0 spiro atoms. The summed E-state index contributed by atoms with van der Waals surface area (Å²) >= 11 is 0. The van der Waals surface area contributed by atoms with Gasteiger partial charge in [0.15, 0.2) is 0 Å². The Morgan fingerprint density at radius 3 is 2.27 bits per heavy atom. The smallest absolute Gasteiger partial charge is 0.337 e. The molecule has 0 N–H and O–H groups in total. The molecule has 0 saturated carbocycles. The minimum Gasteiger partial charge on any atom is -0.465 e. The van der Waals surface area contributed by atoms with Crippen molar-refractivity contribution in [3.8, 4) is 0 Å². The molecule has 0 heterocycles. The Kier molecular flexibility index (Phi) is 4.80. The fourth-order valence-electron chi connectivity index (χ4n) is 0.692. The number of ether oxygens (including phenoxy) is 1. The minimum atomic E-state index is -0.291. The summed E-state index contributed by atoms with van der Waals surface area (Å²) in [5, 5.41) is 0. The molecule has 0 unspecified atom stereocenters. The van der Waals surface area contributed by atoms with Gasteiger partial charge in [-0.2, -0.15) is 0 Å². The summed E-state index contributed by atoms with van der Waals surface area (Å²) < 4.78 is 4.50. The molecule has 0 aromatic heterocycles. The third-order valence-corrected chi connectivity index (χ3v) is 1.19. The van der Waals surface area contributed by atoms with Crippen LogP contribution in [0.15, 0.2) is 30.3 Å². The van der Waals surface area contributed by atoms with Crippen LogP contribution in [0.3, 0.4) is 0 Å². The van der Waals surface area contributed by atoms with E-state index in [4.69, 9.17) is 0 Å². The molecule has 3 heteroatoms. The monoisotopic (exact) mass is 234 g/mol. The van der Waals surface area contributed by atoms with Gasteiger partial charge in [-0.15, -0.1) is 0 Å². The summed E-state index contributed by atoms with van der Waals surface area (Å²) in [6, 6.07) is 8.88. The third kappa shape index (κ3) is 2.85. The van der Waals surface area contributed by atoms with Crippen LogP contribution in [-0.4, -0.2) is 13.1 Å². The molecule has 1 aromatic carbocycles. The number of methoxy groups -OCH3 is 1. The molecule has 0 radical (unpaired) electrons. The van der Waals surface area contributed by atoms with Crippen molar-refractivity contribution >= 4 is 5.97 Å². The first-order valence-electron chi connectivity index (χ1n) is 2.98. The van der Waals surface area contributed by atoms with Crippen LogP contribution < -0.4 is 0 Å². The van der Waals surface area contributed by atoms with Gasteiger partial charge in [-0.3, -0.25) is 0 Å². The molecule has 1 rings (SSSR count). The van der Waals surface area contributed by atoms with E-state index in [0.29, 0.717) is 5.56 Å². The van der Waals surface area contributed by atoms with E-state index >= 15 is 0 Å². The number of rotatable bonds is 1. The Morgan fingerprint density at radius 1 is 1.27 bits per heavy atom. The molecule has 0 atom stereocenters. The van der Waals surface area contributed by atoms with E-state index in [-0.39, 0.29) is 27.0 Å². The number of hydrogen-bond acceptors (Lipinski definition) is 2. The Balaban J connectivity index is 0.000001000. The van der Waals surface area contributed by atoms with E-state index in [1.165, 1.54) is 7.11 Å². The summed E-state index contributed by atoms with van der Waals surface area (Å²) in [6.07, 6.45) is 0. The first-order chi connectivity index (χ1) is 4.84. The van der Waals surface area contributed by atoms with Gasteiger partial charge in [0.1, 0.15) is 0 Å². The molecule has 58 valence electrons. The third-order valence-electron chi connectivity index (χ3n) is 1.19. The van der Waals surface area contributed by atoms with Gasteiger partial charge in [0.2, 0.25) is 0 Å². The Hall–Kier alpha value is -0.622. The van der Waals surface area contributed by atoms with E-state index in [9.17, 15) is 4.79 Å². The zero-order valence-electron chi connectivity index (χ0n) is 6.11. The van der Waals surface area contributed by atoms with Crippen molar-refractivity contribution in [2.24, 2.45) is 0 Å². The predicted molar refractivity (Wildman–Crippen MR) is 37.8 cm³/mol. The standard InChI is InChI=1S/C8H8O2.Mo/c1-10-8(9)7-5-3-2-4-6-7;/h2-6H,1H3;. The van der Waals surface area contributed by atoms with Crippen LogP contribution in [0.2, 0.25) is 0 Å². The van der Waals surface area contributed by atoms with Gasteiger partial charge in [0.05, 0.1) is 12.7 Å². The quantitative estimate of drug-likeness (QED) is 0.541. The molecule has 0 aliphatic rings. The van der Waals surface area contributed by atoms with Gasteiger partial charge in [-0.05, 0) is 12.1 Å². The average molecular weight is 232 g/mol. The molecule has 1 aromatic rings. The van der Waals surface area contributed by atoms with Gasteiger partial charge >= 0.3 is 5.97 Å². The maximum Gasteiger partial charge on any atom is 0.337 e. The molecule has 0 fully saturated rings. The molecule has 0 bridgehead atoms. The summed E-state index contributed by atoms with van der Waals surface area (Å²) in [7, 11) is 1.37. The average Bonchev–Trinajstić information content (AvgIpc) is 2.05. The van der Waals surface area contributed by atoms with Crippen LogP contribution in [0.5, 0.6) is 0 Å². The van der Waals surface area contributed by atoms with Crippen LogP contribution in [0.25, 0.3) is 0 Å². The molecular weight excluding hydrogens is 224 g/mol. The number of benzene rings is 1. The van der Waals surface area contributed by atoms with Crippen LogP contribution in [0, 0.1) is 0 Å². The second-order valence-electron chi connectivity index (χ2n) is 1.86. The van der Waals surface area contributed by atoms with Crippen molar-refractivity contribution in [1.29, 1.82) is 0 Å². The SMILES string of the molecule is COC(=O)c1ccccc1.[Mo]. The van der Waals surface area contributed by atoms with E-state index < -0.39 is 0 Å². The summed E-state index contributed by atoms with van der Waals surface area (Å²) in [6.45, 7) is 0. The van der Waals surface area contributed by atoms with Crippen LogP contribution in [0.4, 0.5) is 0 Å². The largest absolute Gasteiger partial charge is 0.465 e. The summed E-state index contributed by atoms with van der Waals surface area (Å²) in [4.78, 5) is 10.8. The fraction of sp³-hybridized carbons (Fsp3) is 0.125. The van der Waals surface area contributed by atoms with E-state index in [1.807, 2.05) is 6.07 Å². The predicted octanol–water partition coefficient (Wildman–Crippen LogP) is 1.47. The first-order valence-corrected chi connectivity index (χ1v) is 2.98. The van der Waals surface area contributed by atoms with Gasteiger partial charge in [-0.25, -0.2) is 4.79 Å². The zero-order valence-corrected chi connectivity index (χ0v) is 8.12. The number of esters is 1. The maximum absolute atomic E-state index is 10.8. The van der Waals surface area contributed by atoms with Crippen LogP contribution in [0.1, 0.15) is 10.4 Å². The molecule has 0 saturated heterocycles. The van der Waals surface area contributed by atoms with E-state index in [1.54, 1.807) is 24.3 Å². The Labute approximate surface area is 79.8 Å². The van der Waals surface area contributed by atoms with Crippen molar-refractivity contribution < 1.29 is 30.6 Å². The summed E-state index contributed by atoms with van der Waals surface area (Å²) in [5.41, 5.74) is 0.588. The van der Waals surface area contributed by atoms with Gasteiger partial charge in [-0.1, -0.05) is 18.2 Å². The van der Waals surface area contributed by atoms with Crippen molar-refractivity contribution in [2.75, 3.05) is 7.11 Å². The second kappa shape index (κ2) is 5.08. The number of carbonyl (C=O) groups excluding carboxylic acids is 1. The minimum absolute atomic E-state index is 0. The van der Waals surface area contributed by atoms with Crippen LogP contribution in [-0.2, 0) is 25.8 Å². The molecular formula is C8H8MoO2. The van der Waals surface area contributed by atoms with Crippen molar-refractivity contribution in [2.45, 2.75) is 0 Å². The topological polar surface area (TPSA) is 26.3 Å². The second-order valence-corrected chi connectivity index (χ2v) is 1.86. The van der Waals surface area contributed by atoms with Crippen LogP contribution >= 0.6 is 0 Å². The van der Waals surface area contributed by atoms with Gasteiger partial charge in [0, 0.05) is 21.1 Å². The Morgan fingerprint density at radius 2 is 1.82 bits per heavy atom. The fourth-order valence-corrected chi connectivity index (χ4v) is 0.692. The van der Waals surface area contributed by atoms with Crippen molar-refractivity contribution in [3.63, 3.8) is 0 Å². The van der Waals surface area contributed by atoms with Gasteiger partial charge < -0.3 is 4.74 Å². The molecule has 0 amide bonds. The van der Waals surface area contributed by atoms with Crippen molar-refractivity contribution in [1.82, 2.24) is 0 Å². The molecule has 0 aliphatic carbocycles. The molecule has 11 heavy (non-hydrogen) atoms. The summed E-state index contributed by atoms with van der Waals surface area (Å²) in [5.74, 6) is -0.291. The molecule has 0 aliphatic heterocycles. The number of carbonyl (C=O) groups is 1. The maximum atomic E-state index is 10.8.